The van der Waals surface area contributed by atoms with E-state index in [1.54, 1.807) is 0 Å². The molecular formula is C19H34N2O4S2. The van der Waals surface area contributed by atoms with Crippen molar-refractivity contribution >= 4 is 32.4 Å². The summed E-state index contributed by atoms with van der Waals surface area (Å²) in [4.78, 5) is 10.7. The second kappa shape index (κ2) is 14.0. The molecule has 0 aromatic heterocycles. The van der Waals surface area contributed by atoms with Gasteiger partial charge < -0.3 is 5.11 Å². The van der Waals surface area contributed by atoms with E-state index in [0.717, 1.165) is 19.3 Å². The summed E-state index contributed by atoms with van der Waals surface area (Å²) in [7, 11) is -3.92. The molecule has 0 radical (unpaired) electrons. The van der Waals surface area contributed by atoms with Gasteiger partial charge in [0.2, 0.25) is 10.0 Å². The number of nitrogens with zero attached hydrogens (tertiary/aromatic N) is 1. The Bertz CT molecular complexity index is 599. The number of sulfonamides is 1. The number of hydrogen-bond donors (Lipinski definition) is 2. The van der Waals surface area contributed by atoms with E-state index in [1.165, 1.54) is 45.4 Å². The first-order valence-electron chi connectivity index (χ1n) is 9.86. The molecule has 1 atom stereocenters. The molecule has 0 aliphatic heterocycles. The number of carboxylic acid groups (broad SMARTS) is 1. The topological polar surface area (TPSA) is 107 Å². The Hall–Kier alpha value is -1.04. The van der Waals surface area contributed by atoms with Gasteiger partial charge in [0.15, 0.2) is 0 Å². The fourth-order valence-corrected chi connectivity index (χ4v) is 4.27. The Morgan fingerprint density at radius 1 is 1.04 bits per heavy atom. The van der Waals surface area contributed by atoms with Gasteiger partial charge in [0, 0.05) is 6.42 Å². The highest BCUT2D eigenvalue weighted by atomic mass is 32.2. The van der Waals surface area contributed by atoms with Crippen LogP contribution in [0.2, 0.25) is 0 Å². The van der Waals surface area contributed by atoms with Crippen molar-refractivity contribution in [2.24, 2.45) is 0 Å². The van der Waals surface area contributed by atoms with Crippen molar-refractivity contribution in [2.45, 2.75) is 103 Å². The molecule has 156 valence electrons. The Balaban J connectivity index is 4.11. The number of nitrogens with one attached hydrogen (secondary N) is 1. The zero-order valence-corrected chi connectivity index (χ0v) is 18.3. The first-order valence-corrected chi connectivity index (χ1v) is 11.8. The lowest BCUT2D eigenvalue weighted by Crippen LogP contribution is -2.47. The number of rotatable bonds is 16. The monoisotopic (exact) mass is 418 g/mol. The summed E-state index contributed by atoms with van der Waals surface area (Å²) >= 11 is 5.03. The smallest absolute Gasteiger partial charge is 0.303 e. The first kappa shape index (κ1) is 26.0. The summed E-state index contributed by atoms with van der Waals surface area (Å²) in [6.07, 6.45) is 11.4. The van der Waals surface area contributed by atoms with Crippen LogP contribution in [0.15, 0.2) is 0 Å². The summed E-state index contributed by atoms with van der Waals surface area (Å²) in [5.74, 6) is -1.08. The fraction of sp³-hybridized carbons (Fsp3) is 0.842. The van der Waals surface area contributed by atoms with Gasteiger partial charge in [-0.05, 0) is 26.2 Å². The van der Waals surface area contributed by atoms with E-state index < -0.39 is 21.5 Å². The SMILES string of the molecule is CCCCCCCCCCCCC(=S)S(=O)(=O)NC(C)(C#N)CCC(=O)O. The summed E-state index contributed by atoms with van der Waals surface area (Å²) in [5.41, 5.74) is -1.47. The highest BCUT2D eigenvalue weighted by Crippen LogP contribution is 2.16. The number of nitriles is 1. The van der Waals surface area contributed by atoms with Crippen molar-refractivity contribution in [2.75, 3.05) is 0 Å². The molecule has 2 N–H and O–H groups in total. The van der Waals surface area contributed by atoms with Crippen molar-refractivity contribution in [1.29, 1.82) is 5.26 Å². The third-order valence-corrected chi connectivity index (χ3v) is 6.86. The molecule has 8 heteroatoms. The van der Waals surface area contributed by atoms with E-state index in [4.69, 9.17) is 17.3 Å². The van der Waals surface area contributed by atoms with Crippen LogP contribution in [0.3, 0.4) is 0 Å². The minimum atomic E-state index is -3.92. The van der Waals surface area contributed by atoms with Crippen LogP contribution in [-0.4, -0.2) is 29.2 Å². The molecule has 0 aromatic carbocycles. The third kappa shape index (κ3) is 12.9. The van der Waals surface area contributed by atoms with E-state index in [-0.39, 0.29) is 23.5 Å². The number of unbranched alkanes of at least 4 members (excludes halogenated alkanes) is 9. The van der Waals surface area contributed by atoms with Gasteiger partial charge in [-0.15, -0.1) is 0 Å². The van der Waals surface area contributed by atoms with Gasteiger partial charge in [0.25, 0.3) is 0 Å². The summed E-state index contributed by atoms with van der Waals surface area (Å²) < 4.78 is 26.7. The molecule has 0 bridgehead atoms. The van der Waals surface area contributed by atoms with Crippen LogP contribution in [0.25, 0.3) is 0 Å². The molecule has 1 unspecified atom stereocenters. The maximum absolute atomic E-state index is 12.3. The van der Waals surface area contributed by atoms with Crippen molar-refractivity contribution in [1.82, 2.24) is 4.72 Å². The normalized spacial score (nSPS) is 13.7. The standard InChI is InChI=1S/C19H34N2O4S2/c1-3-4-5-6-7-8-9-10-11-12-13-18(26)27(24,25)21-19(2,16-20)15-14-17(22)23/h21H,3-15H2,1-2H3,(H,22,23). The minimum Gasteiger partial charge on any atom is -0.481 e. The van der Waals surface area contributed by atoms with Crippen molar-refractivity contribution in [3.8, 4) is 6.07 Å². The third-order valence-electron chi connectivity index (χ3n) is 4.48. The van der Waals surface area contributed by atoms with Crippen molar-refractivity contribution in [3.63, 3.8) is 0 Å². The number of hydrogen-bond acceptors (Lipinski definition) is 5. The van der Waals surface area contributed by atoms with Crippen LogP contribution in [-0.2, 0) is 14.8 Å². The van der Waals surface area contributed by atoms with E-state index >= 15 is 0 Å². The molecule has 0 aliphatic carbocycles. The number of aliphatic carboxylic acids is 1. The van der Waals surface area contributed by atoms with Crippen LogP contribution >= 0.6 is 12.2 Å². The van der Waals surface area contributed by atoms with Crippen LogP contribution in [0.5, 0.6) is 0 Å². The van der Waals surface area contributed by atoms with Gasteiger partial charge >= 0.3 is 5.97 Å². The molecule has 0 aromatic rings. The van der Waals surface area contributed by atoms with Gasteiger partial charge in [-0.2, -0.15) is 9.98 Å². The van der Waals surface area contributed by atoms with E-state index in [9.17, 15) is 18.5 Å². The van der Waals surface area contributed by atoms with Crippen LogP contribution in [0.1, 0.15) is 97.3 Å². The molecule has 27 heavy (non-hydrogen) atoms. The molecule has 0 aliphatic rings. The zero-order chi connectivity index (χ0) is 20.8. The average molecular weight is 419 g/mol. The maximum Gasteiger partial charge on any atom is 0.303 e. The van der Waals surface area contributed by atoms with Crippen LogP contribution in [0, 0.1) is 11.3 Å². The van der Waals surface area contributed by atoms with Gasteiger partial charge in [-0.3, -0.25) is 4.79 Å². The maximum atomic E-state index is 12.3. The molecule has 0 amide bonds. The van der Waals surface area contributed by atoms with Gasteiger partial charge in [0.05, 0.1) is 6.07 Å². The summed E-state index contributed by atoms with van der Waals surface area (Å²) in [6, 6.07) is 1.84. The predicted octanol–water partition coefficient (Wildman–Crippen LogP) is 4.69. The van der Waals surface area contributed by atoms with Gasteiger partial charge in [0.1, 0.15) is 9.74 Å². The van der Waals surface area contributed by atoms with Crippen LogP contribution in [0.4, 0.5) is 0 Å². The number of carbonyl (C=O) groups is 1. The molecule has 0 heterocycles. The Labute approximate surface area is 169 Å². The molecule has 0 spiro atoms. The highest BCUT2D eigenvalue weighted by molar-refractivity contribution is 8.16. The molecule has 0 rings (SSSR count). The van der Waals surface area contributed by atoms with Crippen molar-refractivity contribution in [3.05, 3.63) is 0 Å². The Morgan fingerprint density at radius 3 is 1.96 bits per heavy atom. The molecule has 0 fully saturated rings. The Morgan fingerprint density at radius 2 is 1.52 bits per heavy atom. The van der Waals surface area contributed by atoms with E-state index in [1.807, 2.05) is 6.07 Å². The molecule has 6 nitrogen and oxygen atoms in total. The lowest BCUT2D eigenvalue weighted by Gasteiger charge is -2.22. The number of carboxylic acids is 1. The lowest BCUT2D eigenvalue weighted by molar-refractivity contribution is -0.137. The second-order valence-corrected chi connectivity index (χ2v) is 9.70. The summed E-state index contributed by atoms with van der Waals surface area (Å²) in [6.45, 7) is 3.58. The lowest BCUT2D eigenvalue weighted by atomic mass is 9.99. The minimum absolute atomic E-state index is 0.112. The van der Waals surface area contributed by atoms with Gasteiger partial charge in [-0.1, -0.05) is 76.9 Å². The summed E-state index contributed by atoms with van der Waals surface area (Å²) in [5, 5.41) is 17.9. The van der Waals surface area contributed by atoms with Crippen LogP contribution < -0.4 is 4.72 Å². The molecule has 0 saturated heterocycles. The first-order chi connectivity index (χ1) is 12.7. The number of thiocarbonyl (C=S) groups is 1. The van der Waals surface area contributed by atoms with Crippen molar-refractivity contribution < 1.29 is 18.3 Å². The Kier molecular flexibility index (Phi) is 13.5. The largest absolute Gasteiger partial charge is 0.481 e. The van der Waals surface area contributed by atoms with E-state index in [2.05, 4.69) is 11.6 Å². The zero-order valence-electron chi connectivity index (χ0n) is 16.6. The molecule has 0 saturated carbocycles. The predicted molar refractivity (Wildman–Crippen MR) is 112 cm³/mol. The fourth-order valence-electron chi connectivity index (χ4n) is 2.73. The van der Waals surface area contributed by atoms with E-state index in [0.29, 0.717) is 6.42 Å². The molecular weight excluding hydrogens is 384 g/mol. The highest BCUT2D eigenvalue weighted by Gasteiger charge is 2.32. The second-order valence-electron chi connectivity index (χ2n) is 7.25. The quantitative estimate of drug-likeness (QED) is 0.278. The average Bonchev–Trinajstić information content (AvgIpc) is 2.61. The van der Waals surface area contributed by atoms with Gasteiger partial charge in [-0.25, -0.2) is 8.42 Å².